The summed E-state index contributed by atoms with van der Waals surface area (Å²) in [6.45, 7) is 4.25. The van der Waals surface area contributed by atoms with Crippen molar-refractivity contribution in [1.29, 1.82) is 0 Å². The van der Waals surface area contributed by atoms with Gasteiger partial charge < -0.3 is 0 Å². The van der Waals surface area contributed by atoms with E-state index in [1.807, 2.05) is 0 Å². The maximum Gasteiger partial charge on any atom is 0.195 e. The minimum absolute atomic E-state index is 0.00655. The van der Waals surface area contributed by atoms with Crippen LogP contribution >= 0.6 is 0 Å². The molecule has 0 saturated carbocycles. The summed E-state index contributed by atoms with van der Waals surface area (Å²) in [6, 6.07) is 7.47. The van der Waals surface area contributed by atoms with Crippen LogP contribution in [0.2, 0.25) is 0 Å². The molecule has 16 heavy (non-hydrogen) atoms. The first kappa shape index (κ1) is 12.9. The van der Waals surface area contributed by atoms with E-state index in [0.717, 1.165) is 6.92 Å². The maximum absolute atomic E-state index is 11.9. The molecule has 1 aromatic rings. The Morgan fingerprint density at radius 2 is 1.62 bits per heavy atom. The molecule has 0 radical (unpaired) electrons. The summed E-state index contributed by atoms with van der Waals surface area (Å²) >= 11 is 0. The van der Waals surface area contributed by atoms with Gasteiger partial charge in [-0.05, 0) is 19.1 Å². The Morgan fingerprint density at radius 3 is 2.06 bits per heavy atom. The Hall–Kier alpha value is -1.14. The molecule has 6 heteroatoms. The summed E-state index contributed by atoms with van der Waals surface area (Å²) in [5.41, 5.74) is 0. The molecule has 88 valence electrons. The molecule has 0 bridgehead atoms. The average molecular weight is 260 g/mol. The highest BCUT2D eigenvalue weighted by Crippen LogP contribution is 2.20. The molecule has 0 heterocycles. The van der Waals surface area contributed by atoms with E-state index in [-0.39, 0.29) is 4.90 Å². The average Bonchev–Trinajstić information content (AvgIpc) is 2.29. The summed E-state index contributed by atoms with van der Waals surface area (Å²) in [5.74, 6) is 0. The van der Waals surface area contributed by atoms with E-state index in [1.165, 1.54) is 12.1 Å². The molecule has 0 aliphatic rings. The smallest absolute Gasteiger partial charge is 0.195 e. The normalized spacial score (nSPS) is 14.3. The first-order chi connectivity index (χ1) is 7.32. The van der Waals surface area contributed by atoms with Crippen molar-refractivity contribution < 1.29 is 16.8 Å². The van der Waals surface area contributed by atoms with Crippen LogP contribution in [0.1, 0.15) is 6.92 Å². The molecule has 0 aromatic heterocycles. The van der Waals surface area contributed by atoms with Crippen molar-refractivity contribution in [1.82, 2.24) is 0 Å². The molecule has 0 amide bonds. The highest BCUT2D eigenvalue weighted by molar-refractivity contribution is 8.10. The molecule has 0 aliphatic carbocycles. The van der Waals surface area contributed by atoms with Gasteiger partial charge in [-0.1, -0.05) is 24.8 Å². The first-order valence-corrected chi connectivity index (χ1v) is 7.63. The number of sulfone groups is 2. The van der Waals surface area contributed by atoms with Crippen LogP contribution in [0.5, 0.6) is 0 Å². The molecule has 0 saturated heterocycles. The Labute approximate surface area is 95.5 Å². The molecule has 1 atom stereocenters. The second-order valence-corrected chi connectivity index (χ2v) is 7.97. The van der Waals surface area contributed by atoms with Crippen LogP contribution in [0.3, 0.4) is 0 Å². The molecule has 1 unspecified atom stereocenters. The van der Waals surface area contributed by atoms with E-state index in [9.17, 15) is 16.8 Å². The zero-order valence-electron chi connectivity index (χ0n) is 8.70. The largest absolute Gasteiger partial charge is 0.223 e. The molecule has 4 nitrogen and oxygen atoms in total. The zero-order chi connectivity index (χ0) is 12.4. The van der Waals surface area contributed by atoms with Gasteiger partial charge in [0.1, 0.15) is 0 Å². The van der Waals surface area contributed by atoms with Gasteiger partial charge in [0, 0.05) is 5.41 Å². The lowest BCUT2D eigenvalue weighted by Crippen LogP contribution is -2.25. The van der Waals surface area contributed by atoms with E-state index in [2.05, 4.69) is 6.58 Å². The Kier molecular flexibility index (Phi) is 3.54. The number of rotatable bonds is 4. The fourth-order valence-electron chi connectivity index (χ4n) is 1.11. The fraction of sp³-hybridized carbons (Fsp3) is 0.200. The van der Waals surface area contributed by atoms with Crippen molar-refractivity contribution in [3.05, 3.63) is 42.3 Å². The first-order valence-electron chi connectivity index (χ1n) is 4.47. The summed E-state index contributed by atoms with van der Waals surface area (Å²) in [5, 5.41) is 0.665. The highest BCUT2D eigenvalue weighted by atomic mass is 32.3. The maximum atomic E-state index is 11.9. The highest BCUT2D eigenvalue weighted by Gasteiger charge is 2.32. The van der Waals surface area contributed by atoms with Gasteiger partial charge in [-0.25, -0.2) is 16.8 Å². The van der Waals surface area contributed by atoms with E-state index < -0.39 is 24.3 Å². The third-order valence-corrected chi connectivity index (χ3v) is 6.96. The van der Waals surface area contributed by atoms with Crippen LogP contribution in [0.15, 0.2) is 47.2 Å². The Morgan fingerprint density at radius 1 is 1.12 bits per heavy atom. The second kappa shape index (κ2) is 4.39. The van der Waals surface area contributed by atoms with Crippen LogP contribution in [0.25, 0.3) is 0 Å². The third kappa shape index (κ3) is 2.33. The minimum Gasteiger partial charge on any atom is -0.223 e. The third-order valence-electron chi connectivity index (χ3n) is 2.20. The van der Waals surface area contributed by atoms with Crippen molar-refractivity contribution >= 4 is 19.7 Å². The monoisotopic (exact) mass is 260 g/mol. The van der Waals surface area contributed by atoms with Crippen molar-refractivity contribution in [2.24, 2.45) is 0 Å². The van der Waals surface area contributed by atoms with E-state index >= 15 is 0 Å². The predicted molar refractivity (Wildman–Crippen MR) is 62.2 cm³/mol. The quantitative estimate of drug-likeness (QED) is 0.819. The summed E-state index contributed by atoms with van der Waals surface area (Å²) < 4.78 is 45.2. The van der Waals surface area contributed by atoms with Crippen molar-refractivity contribution in [2.45, 2.75) is 16.4 Å². The number of benzene rings is 1. The van der Waals surface area contributed by atoms with Gasteiger partial charge in [-0.3, -0.25) is 0 Å². The molecule has 1 aromatic carbocycles. The lowest BCUT2D eigenvalue weighted by Gasteiger charge is -2.10. The molecule has 0 spiro atoms. The lowest BCUT2D eigenvalue weighted by molar-refractivity contribution is 0.582. The molecule has 1 rings (SSSR count). The van der Waals surface area contributed by atoms with Gasteiger partial charge in [0.25, 0.3) is 0 Å². The molecule has 0 aliphatic heterocycles. The summed E-state index contributed by atoms with van der Waals surface area (Å²) in [7, 11) is -7.70. The second-order valence-electron chi connectivity index (χ2n) is 3.18. The van der Waals surface area contributed by atoms with Gasteiger partial charge in [-0.15, -0.1) is 0 Å². The topological polar surface area (TPSA) is 68.3 Å². The molecule has 0 N–H and O–H groups in total. The number of hydrogen-bond acceptors (Lipinski definition) is 4. The van der Waals surface area contributed by atoms with Crippen LogP contribution in [0, 0.1) is 0 Å². The van der Waals surface area contributed by atoms with E-state index in [0.29, 0.717) is 5.41 Å². The SMILES string of the molecule is C=CS(=O)(=O)C(C)S(=O)(=O)c1ccccc1. The van der Waals surface area contributed by atoms with Gasteiger partial charge in [-0.2, -0.15) is 0 Å². The Balaban J connectivity index is 3.30. The predicted octanol–water partition coefficient (Wildman–Crippen LogP) is 1.36. The van der Waals surface area contributed by atoms with Gasteiger partial charge >= 0.3 is 0 Å². The Bertz CT molecular complexity index is 571. The number of hydrogen-bond donors (Lipinski definition) is 0. The van der Waals surface area contributed by atoms with Gasteiger partial charge in [0.05, 0.1) is 4.90 Å². The van der Waals surface area contributed by atoms with Crippen LogP contribution in [-0.4, -0.2) is 21.4 Å². The van der Waals surface area contributed by atoms with Gasteiger partial charge in [0.2, 0.25) is 0 Å². The summed E-state index contributed by atoms with van der Waals surface area (Å²) in [6.07, 6.45) is 0. The zero-order valence-corrected chi connectivity index (χ0v) is 10.3. The molecular weight excluding hydrogens is 248 g/mol. The minimum atomic E-state index is -3.87. The van der Waals surface area contributed by atoms with Gasteiger partial charge in [0.15, 0.2) is 24.3 Å². The molecular formula is C10H12O4S2. The van der Waals surface area contributed by atoms with Crippen molar-refractivity contribution in [2.75, 3.05) is 0 Å². The van der Waals surface area contributed by atoms with Crippen molar-refractivity contribution in [3.63, 3.8) is 0 Å². The van der Waals surface area contributed by atoms with Crippen LogP contribution < -0.4 is 0 Å². The standard InChI is InChI=1S/C10H12O4S2/c1-3-15(11,12)9(2)16(13,14)10-7-5-4-6-8-10/h3-9H,1H2,2H3. The summed E-state index contributed by atoms with van der Waals surface area (Å²) in [4.78, 5) is -0.00655. The van der Waals surface area contributed by atoms with E-state index in [4.69, 9.17) is 0 Å². The fourth-order valence-corrected chi connectivity index (χ4v) is 4.29. The lowest BCUT2D eigenvalue weighted by atomic mass is 10.4. The molecule has 0 fully saturated rings. The van der Waals surface area contributed by atoms with E-state index in [1.54, 1.807) is 18.2 Å². The van der Waals surface area contributed by atoms with Crippen molar-refractivity contribution in [3.8, 4) is 0 Å². The van der Waals surface area contributed by atoms with Crippen LogP contribution in [-0.2, 0) is 19.7 Å². The van der Waals surface area contributed by atoms with Crippen LogP contribution in [0.4, 0.5) is 0 Å².